The fourth-order valence-corrected chi connectivity index (χ4v) is 3.62. The maximum absolute atomic E-state index is 13.1. The number of halogens is 2. The minimum Gasteiger partial charge on any atom is -0.305 e. The molecule has 98 valence electrons. The van der Waals surface area contributed by atoms with Gasteiger partial charge in [0.15, 0.2) is 0 Å². The molecule has 0 saturated carbocycles. The largest absolute Gasteiger partial charge is 0.305 e. The molecule has 1 aliphatic heterocycles. The maximum atomic E-state index is 13.1. The molecule has 0 aliphatic carbocycles. The molecule has 0 amide bonds. The molecule has 1 nitrogen and oxygen atoms in total. The summed E-state index contributed by atoms with van der Waals surface area (Å²) in [4.78, 5) is 1.34. The van der Waals surface area contributed by atoms with Crippen LogP contribution in [0.5, 0.6) is 0 Å². The number of benzene rings is 2. The molecule has 2 aromatic carbocycles. The molecule has 1 atom stereocenters. The van der Waals surface area contributed by atoms with Gasteiger partial charge in [0.25, 0.3) is 0 Å². The normalized spacial score (nSPS) is 17.5. The van der Waals surface area contributed by atoms with Crippen LogP contribution in [0.2, 0.25) is 5.02 Å². The van der Waals surface area contributed by atoms with Crippen molar-refractivity contribution >= 4 is 23.4 Å². The summed E-state index contributed by atoms with van der Waals surface area (Å²) in [6.07, 6.45) is 0. The molecule has 1 unspecified atom stereocenters. The van der Waals surface area contributed by atoms with Gasteiger partial charge in [-0.25, -0.2) is 4.39 Å². The Morgan fingerprint density at radius 2 is 2.11 bits per heavy atom. The second-order valence-corrected chi connectivity index (χ2v) is 6.00. The Morgan fingerprint density at radius 1 is 1.26 bits per heavy atom. The summed E-state index contributed by atoms with van der Waals surface area (Å²) < 4.78 is 13.1. The van der Waals surface area contributed by atoms with Gasteiger partial charge in [0.05, 0.1) is 5.02 Å². The zero-order valence-corrected chi connectivity index (χ0v) is 11.8. The Balaban J connectivity index is 1.69. The first kappa shape index (κ1) is 13.0. The van der Waals surface area contributed by atoms with Crippen LogP contribution in [0, 0.1) is 5.82 Å². The molecule has 19 heavy (non-hydrogen) atoms. The van der Waals surface area contributed by atoms with Gasteiger partial charge < -0.3 is 5.32 Å². The smallest absolute Gasteiger partial charge is 0.141 e. The Kier molecular flexibility index (Phi) is 3.78. The van der Waals surface area contributed by atoms with E-state index in [1.54, 1.807) is 12.1 Å². The monoisotopic (exact) mass is 293 g/mol. The van der Waals surface area contributed by atoms with Crippen LogP contribution in [0.25, 0.3) is 0 Å². The van der Waals surface area contributed by atoms with Gasteiger partial charge >= 0.3 is 0 Å². The number of hydrogen-bond donors (Lipinski definition) is 1. The second kappa shape index (κ2) is 5.53. The van der Waals surface area contributed by atoms with E-state index >= 15 is 0 Å². The Hall–Kier alpha value is -1.03. The molecule has 0 bridgehead atoms. The van der Waals surface area contributed by atoms with E-state index in [1.807, 2.05) is 11.8 Å². The molecule has 3 rings (SSSR count). The van der Waals surface area contributed by atoms with Gasteiger partial charge in [-0.3, -0.25) is 0 Å². The van der Waals surface area contributed by atoms with Gasteiger partial charge in [-0.05, 0) is 29.3 Å². The predicted molar refractivity (Wildman–Crippen MR) is 78.2 cm³/mol. The van der Waals surface area contributed by atoms with Crippen LogP contribution in [0.3, 0.4) is 0 Å². The number of hydrogen-bond acceptors (Lipinski definition) is 2. The summed E-state index contributed by atoms with van der Waals surface area (Å²) in [6, 6.07) is 13.6. The van der Waals surface area contributed by atoms with Crippen molar-refractivity contribution in [3.8, 4) is 0 Å². The summed E-state index contributed by atoms with van der Waals surface area (Å²) in [5, 5.41) is 3.68. The number of fused-ring (bicyclic) bond motifs is 1. The number of thioether (sulfide) groups is 1. The van der Waals surface area contributed by atoms with E-state index < -0.39 is 0 Å². The summed E-state index contributed by atoms with van der Waals surface area (Å²) in [6.45, 7) is 0.694. The lowest BCUT2D eigenvalue weighted by atomic mass is 10.1. The fraction of sp³-hybridized carbons (Fsp3) is 0.200. The van der Waals surface area contributed by atoms with Gasteiger partial charge in [-0.1, -0.05) is 35.9 Å². The van der Waals surface area contributed by atoms with Crippen molar-refractivity contribution in [2.45, 2.75) is 17.5 Å². The molecule has 1 N–H and O–H groups in total. The third kappa shape index (κ3) is 2.78. The highest BCUT2D eigenvalue weighted by molar-refractivity contribution is 7.99. The number of rotatable bonds is 3. The molecule has 2 aromatic rings. The van der Waals surface area contributed by atoms with Crippen LogP contribution in [0.4, 0.5) is 4.39 Å². The molecule has 0 spiro atoms. The third-order valence-electron chi connectivity index (χ3n) is 3.24. The summed E-state index contributed by atoms with van der Waals surface area (Å²) in [5.74, 6) is 0.668. The molecular weight excluding hydrogens is 281 g/mol. The summed E-state index contributed by atoms with van der Waals surface area (Å²) >= 11 is 7.65. The number of nitrogens with one attached hydrogen (secondary N) is 1. The molecular formula is C15H13ClFNS. The molecule has 0 radical (unpaired) electrons. The van der Waals surface area contributed by atoms with Gasteiger partial charge in [-0.2, -0.15) is 0 Å². The highest BCUT2D eigenvalue weighted by Crippen LogP contribution is 2.37. The topological polar surface area (TPSA) is 12.0 Å². The molecule has 0 saturated heterocycles. The van der Waals surface area contributed by atoms with E-state index in [0.717, 1.165) is 11.3 Å². The summed E-state index contributed by atoms with van der Waals surface area (Å²) in [7, 11) is 0. The van der Waals surface area contributed by atoms with Crippen molar-refractivity contribution in [1.29, 1.82) is 0 Å². The van der Waals surface area contributed by atoms with Crippen molar-refractivity contribution in [2.24, 2.45) is 0 Å². The molecule has 1 aliphatic rings. The Bertz CT molecular complexity index is 602. The average molecular weight is 294 g/mol. The standard InChI is InChI=1S/C15H13ClFNS/c16-12-7-10(5-6-13(12)17)8-18-14-9-19-15-4-2-1-3-11(14)15/h1-7,14,18H,8-9H2. The zero-order valence-electron chi connectivity index (χ0n) is 10.2. The van der Waals surface area contributed by atoms with E-state index in [9.17, 15) is 4.39 Å². The molecule has 0 fully saturated rings. The van der Waals surface area contributed by atoms with E-state index in [0.29, 0.717) is 12.6 Å². The van der Waals surface area contributed by atoms with E-state index in [2.05, 4.69) is 29.6 Å². The lowest BCUT2D eigenvalue weighted by Crippen LogP contribution is -2.20. The van der Waals surface area contributed by atoms with Crippen LogP contribution in [-0.2, 0) is 6.54 Å². The quantitative estimate of drug-likeness (QED) is 0.899. The zero-order chi connectivity index (χ0) is 13.2. The molecule has 4 heteroatoms. The maximum Gasteiger partial charge on any atom is 0.141 e. The van der Waals surface area contributed by atoms with E-state index in [4.69, 9.17) is 11.6 Å². The van der Waals surface area contributed by atoms with Gasteiger partial charge in [-0.15, -0.1) is 11.8 Å². The molecule has 0 aromatic heterocycles. The Labute approximate surface area is 121 Å². The molecule has 1 heterocycles. The minimum atomic E-state index is -0.368. The van der Waals surface area contributed by atoms with Gasteiger partial charge in [0, 0.05) is 23.2 Å². The first-order valence-electron chi connectivity index (χ1n) is 6.13. The van der Waals surface area contributed by atoms with Crippen LogP contribution in [0.1, 0.15) is 17.2 Å². The van der Waals surface area contributed by atoms with Crippen molar-refractivity contribution in [3.05, 3.63) is 64.4 Å². The van der Waals surface area contributed by atoms with Gasteiger partial charge in [0.2, 0.25) is 0 Å². The van der Waals surface area contributed by atoms with Gasteiger partial charge in [0.1, 0.15) is 5.82 Å². The van der Waals surface area contributed by atoms with Crippen molar-refractivity contribution in [2.75, 3.05) is 5.75 Å². The minimum absolute atomic E-state index is 0.181. The predicted octanol–water partition coefficient (Wildman–Crippen LogP) is 4.42. The van der Waals surface area contributed by atoms with Crippen LogP contribution in [-0.4, -0.2) is 5.75 Å². The lowest BCUT2D eigenvalue weighted by Gasteiger charge is -2.13. The van der Waals surface area contributed by atoms with E-state index in [-0.39, 0.29) is 10.8 Å². The van der Waals surface area contributed by atoms with Crippen LogP contribution in [0.15, 0.2) is 47.4 Å². The van der Waals surface area contributed by atoms with Crippen molar-refractivity contribution in [3.63, 3.8) is 0 Å². The highest BCUT2D eigenvalue weighted by atomic mass is 35.5. The summed E-state index contributed by atoms with van der Waals surface area (Å²) in [5.41, 5.74) is 2.35. The fourth-order valence-electron chi connectivity index (χ4n) is 2.22. The van der Waals surface area contributed by atoms with Crippen LogP contribution < -0.4 is 5.32 Å². The highest BCUT2D eigenvalue weighted by Gasteiger charge is 2.21. The Morgan fingerprint density at radius 3 is 2.95 bits per heavy atom. The third-order valence-corrected chi connectivity index (χ3v) is 4.71. The first-order chi connectivity index (χ1) is 9.24. The average Bonchev–Trinajstić information content (AvgIpc) is 2.83. The second-order valence-electron chi connectivity index (χ2n) is 4.53. The van der Waals surface area contributed by atoms with Crippen LogP contribution >= 0.6 is 23.4 Å². The van der Waals surface area contributed by atoms with Crippen molar-refractivity contribution in [1.82, 2.24) is 5.32 Å². The van der Waals surface area contributed by atoms with E-state index in [1.165, 1.54) is 16.5 Å². The SMILES string of the molecule is Fc1ccc(CNC2CSc3ccccc32)cc1Cl. The van der Waals surface area contributed by atoms with Crippen molar-refractivity contribution < 1.29 is 4.39 Å². The first-order valence-corrected chi connectivity index (χ1v) is 7.49. The lowest BCUT2D eigenvalue weighted by molar-refractivity contribution is 0.581.